The van der Waals surface area contributed by atoms with Gasteiger partial charge in [0.25, 0.3) is 5.91 Å². The number of hydrogen-bond acceptors (Lipinski definition) is 6. The molecule has 2 aromatic carbocycles. The van der Waals surface area contributed by atoms with E-state index in [9.17, 15) is 17.6 Å². The number of rotatable bonds is 5. The second kappa shape index (κ2) is 8.38. The molecule has 11 heteroatoms. The molecule has 0 spiro atoms. The van der Waals surface area contributed by atoms with Crippen LogP contribution >= 0.6 is 22.9 Å². The zero-order valence-electron chi connectivity index (χ0n) is 15.5. The molecular weight excluding hydrogens is 451 g/mol. The van der Waals surface area contributed by atoms with Crippen LogP contribution in [0.25, 0.3) is 0 Å². The number of hydrogen-bond donors (Lipinski definition) is 1. The molecule has 156 valence electrons. The molecular formula is C19H16ClFN4O3S2. The highest BCUT2D eigenvalue weighted by atomic mass is 35.5. The molecule has 0 bridgehead atoms. The lowest BCUT2D eigenvalue weighted by molar-refractivity contribution is 0.102. The molecule has 30 heavy (non-hydrogen) atoms. The van der Waals surface area contributed by atoms with E-state index >= 15 is 0 Å². The fourth-order valence-electron chi connectivity index (χ4n) is 3.22. The average molecular weight is 467 g/mol. The predicted molar refractivity (Wildman–Crippen MR) is 112 cm³/mol. The molecule has 1 amide bonds. The lowest BCUT2D eigenvalue weighted by Crippen LogP contribution is -2.30. The number of nitrogens with zero attached hydrogens (tertiary/aromatic N) is 3. The van der Waals surface area contributed by atoms with Gasteiger partial charge in [-0.05, 0) is 49.2 Å². The minimum atomic E-state index is -3.75. The first-order valence-electron chi connectivity index (χ1n) is 9.03. The van der Waals surface area contributed by atoms with E-state index in [1.807, 2.05) is 0 Å². The molecule has 0 saturated carbocycles. The first kappa shape index (κ1) is 20.9. The third-order valence-electron chi connectivity index (χ3n) is 4.67. The molecule has 1 atom stereocenters. The maximum Gasteiger partial charge on any atom is 0.286 e. The molecule has 4 rings (SSSR count). The molecule has 7 nitrogen and oxygen atoms in total. The van der Waals surface area contributed by atoms with Crippen molar-refractivity contribution in [2.75, 3.05) is 11.9 Å². The largest absolute Gasteiger partial charge is 0.317 e. The predicted octanol–water partition coefficient (Wildman–Crippen LogP) is 4.11. The number of carbonyl (C=O) groups is 1. The van der Waals surface area contributed by atoms with Gasteiger partial charge in [-0.3, -0.25) is 4.79 Å². The van der Waals surface area contributed by atoms with Gasteiger partial charge in [-0.15, -0.1) is 10.2 Å². The van der Waals surface area contributed by atoms with Crippen molar-refractivity contribution in [3.8, 4) is 0 Å². The Morgan fingerprint density at radius 1 is 1.17 bits per heavy atom. The van der Waals surface area contributed by atoms with Crippen molar-refractivity contribution in [1.82, 2.24) is 14.5 Å². The molecule has 1 aromatic heterocycles. The Hall–Kier alpha value is -2.40. The van der Waals surface area contributed by atoms with Crippen LogP contribution in [0.2, 0.25) is 5.02 Å². The van der Waals surface area contributed by atoms with Crippen molar-refractivity contribution in [3.05, 3.63) is 69.4 Å². The van der Waals surface area contributed by atoms with Crippen LogP contribution < -0.4 is 5.32 Å². The number of nitrogens with one attached hydrogen (secondary N) is 1. The van der Waals surface area contributed by atoms with Gasteiger partial charge in [0.2, 0.25) is 15.0 Å². The highest BCUT2D eigenvalue weighted by molar-refractivity contribution is 7.89. The summed E-state index contributed by atoms with van der Waals surface area (Å²) in [7, 11) is -3.75. The first-order chi connectivity index (χ1) is 14.4. The van der Waals surface area contributed by atoms with Crippen molar-refractivity contribution in [1.29, 1.82) is 0 Å². The highest BCUT2D eigenvalue weighted by Crippen LogP contribution is 2.38. The number of para-hydroxylation sites is 1. The number of benzene rings is 2. The van der Waals surface area contributed by atoms with Crippen LogP contribution in [0, 0.1) is 5.82 Å². The van der Waals surface area contributed by atoms with Crippen molar-refractivity contribution in [3.63, 3.8) is 0 Å². The van der Waals surface area contributed by atoms with E-state index < -0.39 is 27.8 Å². The van der Waals surface area contributed by atoms with E-state index in [0.29, 0.717) is 29.4 Å². The molecule has 0 radical (unpaired) electrons. The van der Waals surface area contributed by atoms with E-state index in [1.54, 1.807) is 6.07 Å². The summed E-state index contributed by atoms with van der Waals surface area (Å²) in [6, 6.07) is 11.2. The molecule has 2 heterocycles. The van der Waals surface area contributed by atoms with Crippen LogP contribution in [0.3, 0.4) is 0 Å². The molecule has 1 aliphatic rings. The quantitative estimate of drug-likeness (QED) is 0.611. The summed E-state index contributed by atoms with van der Waals surface area (Å²) >= 11 is 6.86. The zero-order valence-corrected chi connectivity index (χ0v) is 17.8. The fraction of sp³-hybridized carbons (Fsp3) is 0.211. The molecule has 1 N–H and O–H groups in total. The smallest absolute Gasteiger partial charge is 0.286 e. The van der Waals surface area contributed by atoms with Crippen molar-refractivity contribution < 1.29 is 17.6 Å². The molecule has 3 aromatic rings. The van der Waals surface area contributed by atoms with E-state index in [2.05, 4.69) is 15.5 Å². The van der Waals surface area contributed by atoms with Crippen LogP contribution in [0.5, 0.6) is 0 Å². The fourth-order valence-corrected chi connectivity index (χ4v) is 5.96. The minimum absolute atomic E-state index is 0.0315. The summed E-state index contributed by atoms with van der Waals surface area (Å²) in [5, 5.41) is 11.3. The second-order valence-electron chi connectivity index (χ2n) is 6.61. The summed E-state index contributed by atoms with van der Waals surface area (Å²) in [5.41, 5.74) is 0.0343. The van der Waals surface area contributed by atoms with Crippen LogP contribution in [-0.4, -0.2) is 35.4 Å². The van der Waals surface area contributed by atoms with Crippen LogP contribution in [0.15, 0.2) is 53.4 Å². The third-order valence-corrected chi connectivity index (χ3v) is 7.86. The van der Waals surface area contributed by atoms with Crippen LogP contribution in [-0.2, 0) is 10.0 Å². The number of halogens is 2. The summed E-state index contributed by atoms with van der Waals surface area (Å²) in [4.78, 5) is 12.6. The topological polar surface area (TPSA) is 92.3 Å². The minimum Gasteiger partial charge on any atom is -0.317 e. The van der Waals surface area contributed by atoms with Gasteiger partial charge in [-0.25, -0.2) is 12.8 Å². The van der Waals surface area contributed by atoms with Crippen molar-refractivity contribution in [2.45, 2.75) is 23.8 Å². The average Bonchev–Trinajstić information content (AvgIpc) is 3.40. The summed E-state index contributed by atoms with van der Waals surface area (Å²) in [5.74, 6) is -1.17. The van der Waals surface area contributed by atoms with Crippen LogP contribution in [0.1, 0.15) is 33.7 Å². The van der Waals surface area contributed by atoms with Gasteiger partial charge >= 0.3 is 0 Å². The van der Waals surface area contributed by atoms with Crippen molar-refractivity contribution >= 4 is 44.6 Å². The summed E-state index contributed by atoms with van der Waals surface area (Å²) < 4.78 is 41.3. The first-order valence-corrected chi connectivity index (χ1v) is 11.7. The Balaban J connectivity index is 1.55. The maximum atomic E-state index is 13.8. The Morgan fingerprint density at radius 2 is 1.90 bits per heavy atom. The van der Waals surface area contributed by atoms with Gasteiger partial charge < -0.3 is 5.32 Å². The van der Waals surface area contributed by atoms with Gasteiger partial charge in [0.05, 0.1) is 16.6 Å². The van der Waals surface area contributed by atoms with Crippen molar-refractivity contribution in [2.24, 2.45) is 0 Å². The molecule has 1 aliphatic heterocycles. The van der Waals surface area contributed by atoms with E-state index in [0.717, 1.165) is 11.3 Å². The molecule has 1 fully saturated rings. The number of anilines is 1. The Bertz CT molecular complexity index is 1180. The lowest BCUT2D eigenvalue weighted by Gasteiger charge is -2.22. The normalized spacial score (nSPS) is 17.2. The Labute approximate surface area is 181 Å². The number of carbonyl (C=O) groups excluding carboxylic acids is 1. The lowest BCUT2D eigenvalue weighted by atomic mass is 10.2. The monoisotopic (exact) mass is 466 g/mol. The maximum absolute atomic E-state index is 13.8. The number of sulfonamides is 1. The highest BCUT2D eigenvalue weighted by Gasteiger charge is 2.38. The zero-order chi connectivity index (χ0) is 21.3. The number of aromatic nitrogens is 2. The van der Waals surface area contributed by atoms with Gasteiger partial charge in [-0.1, -0.05) is 35.1 Å². The molecule has 0 aliphatic carbocycles. The van der Waals surface area contributed by atoms with E-state index in [1.165, 1.54) is 46.8 Å². The second-order valence-corrected chi connectivity index (χ2v) is 9.94. The SMILES string of the molecule is O=C(Nc1ccccc1F)c1nnc([C@@H]2CCCN2S(=O)(=O)c2ccc(Cl)cc2)s1. The van der Waals surface area contributed by atoms with Crippen LogP contribution in [0.4, 0.5) is 10.1 Å². The van der Waals surface area contributed by atoms with Gasteiger partial charge in [-0.2, -0.15) is 4.31 Å². The molecule has 1 saturated heterocycles. The standard InChI is InChI=1S/C19H16ClFN4O3S2/c20-12-7-9-13(10-8-12)30(27,28)25-11-3-6-16(25)18-23-24-19(29-18)17(26)22-15-5-2-1-4-14(15)21/h1-2,4-5,7-10,16H,3,6,11H2,(H,22,26)/t16-/m0/s1. The number of amides is 1. The third kappa shape index (κ3) is 4.08. The van der Waals surface area contributed by atoms with E-state index in [4.69, 9.17) is 11.6 Å². The van der Waals surface area contributed by atoms with Gasteiger partial charge in [0.1, 0.15) is 10.8 Å². The summed E-state index contributed by atoms with van der Waals surface area (Å²) in [6.45, 7) is 0.339. The Kier molecular flexibility index (Phi) is 5.83. The molecule has 0 unspecified atom stereocenters. The van der Waals surface area contributed by atoms with E-state index in [-0.39, 0.29) is 15.6 Å². The van der Waals surface area contributed by atoms with Gasteiger partial charge in [0, 0.05) is 11.6 Å². The summed E-state index contributed by atoms with van der Waals surface area (Å²) in [6.07, 6.45) is 1.23. The van der Waals surface area contributed by atoms with Gasteiger partial charge in [0.15, 0.2) is 0 Å². The Morgan fingerprint density at radius 3 is 2.63 bits per heavy atom.